The minimum absolute atomic E-state index is 0.0563. The van der Waals surface area contributed by atoms with Gasteiger partial charge in [-0.05, 0) is 44.6 Å². The average molecular weight is 480 g/mol. The van der Waals surface area contributed by atoms with Gasteiger partial charge in [0.15, 0.2) is 0 Å². The Balaban J connectivity index is 1.35. The molecule has 0 saturated carbocycles. The van der Waals surface area contributed by atoms with Crippen LogP contribution in [0.3, 0.4) is 0 Å². The number of nitrogens with one attached hydrogen (secondary N) is 3. The van der Waals surface area contributed by atoms with Crippen molar-refractivity contribution in [3.05, 3.63) is 82.0 Å². The van der Waals surface area contributed by atoms with Crippen molar-refractivity contribution in [1.82, 2.24) is 16.2 Å². The van der Waals surface area contributed by atoms with E-state index >= 15 is 0 Å². The summed E-state index contributed by atoms with van der Waals surface area (Å²) in [6.07, 6.45) is -0.824. The van der Waals surface area contributed by atoms with Crippen molar-refractivity contribution in [3.8, 4) is 11.1 Å². The fourth-order valence-electron chi connectivity index (χ4n) is 3.91. The molecule has 1 heterocycles. The second-order valence-electron chi connectivity index (χ2n) is 7.61. The lowest BCUT2D eigenvalue weighted by atomic mass is 9.98. The Bertz CT molecular complexity index is 1180. The van der Waals surface area contributed by atoms with Gasteiger partial charge >= 0.3 is 18.0 Å². The van der Waals surface area contributed by atoms with Gasteiger partial charge in [0.1, 0.15) is 12.6 Å². The quantitative estimate of drug-likeness (QED) is 0.317. The topological polar surface area (TPSA) is 134 Å². The first kappa shape index (κ1) is 23.0. The monoisotopic (exact) mass is 479 g/mol. The summed E-state index contributed by atoms with van der Waals surface area (Å²) >= 11 is 1.40. The van der Waals surface area contributed by atoms with Crippen LogP contribution in [0.2, 0.25) is 0 Å². The van der Waals surface area contributed by atoms with E-state index in [2.05, 4.69) is 16.2 Å². The highest BCUT2D eigenvalue weighted by atomic mass is 32.1. The predicted octanol–water partition coefficient (Wildman–Crippen LogP) is 2.43. The smallest absolute Gasteiger partial charge is 0.426 e. The molecule has 1 atom stereocenters. The zero-order chi connectivity index (χ0) is 24.1. The molecule has 0 aliphatic heterocycles. The standard InChI is InChI=1S/C24H21N3O6S/c28-21(20(25-22(29)23(30)31)11-14-9-10-34-13-14)26-27-24(32)33-12-19-17-7-3-1-5-15(17)16-6-2-4-8-18(16)19/h1-10,13,19-20H,11-12H2,(H,25,29)(H,26,28)(H,27,32)(H,30,31). The van der Waals surface area contributed by atoms with Crippen molar-refractivity contribution >= 4 is 35.2 Å². The minimum atomic E-state index is -1.72. The Labute approximate surface area is 198 Å². The number of carboxylic acid groups (broad SMARTS) is 1. The van der Waals surface area contributed by atoms with E-state index in [4.69, 9.17) is 9.84 Å². The number of amides is 3. The van der Waals surface area contributed by atoms with Crippen LogP contribution in [-0.2, 0) is 25.5 Å². The molecule has 0 radical (unpaired) electrons. The van der Waals surface area contributed by atoms with Crippen LogP contribution in [0.25, 0.3) is 11.1 Å². The van der Waals surface area contributed by atoms with Gasteiger partial charge in [-0.3, -0.25) is 15.0 Å². The Kier molecular flexibility index (Phi) is 6.88. The highest BCUT2D eigenvalue weighted by Crippen LogP contribution is 2.44. The maximum Gasteiger partial charge on any atom is 0.426 e. The van der Waals surface area contributed by atoms with E-state index in [0.717, 1.165) is 27.8 Å². The van der Waals surface area contributed by atoms with Gasteiger partial charge in [0, 0.05) is 12.3 Å². The molecule has 1 aliphatic rings. The van der Waals surface area contributed by atoms with E-state index in [1.54, 1.807) is 16.8 Å². The summed E-state index contributed by atoms with van der Waals surface area (Å²) in [6.45, 7) is 0.0593. The van der Waals surface area contributed by atoms with Crippen molar-refractivity contribution in [2.75, 3.05) is 6.61 Å². The molecular weight excluding hydrogens is 458 g/mol. The molecule has 0 bridgehead atoms. The SMILES string of the molecule is O=C(NNC(=O)C(Cc1ccsc1)NC(=O)C(=O)O)OCC1c2ccccc2-c2ccccc21. The summed E-state index contributed by atoms with van der Waals surface area (Å²) in [5, 5.41) is 14.5. The van der Waals surface area contributed by atoms with Crippen LogP contribution in [0.4, 0.5) is 4.79 Å². The van der Waals surface area contributed by atoms with Crippen molar-refractivity contribution in [2.24, 2.45) is 0 Å². The number of benzene rings is 2. The van der Waals surface area contributed by atoms with Gasteiger partial charge in [-0.2, -0.15) is 11.3 Å². The van der Waals surface area contributed by atoms with Gasteiger partial charge < -0.3 is 15.2 Å². The number of carbonyl (C=O) groups is 4. The maximum absolute atomic E-state index is 12.5. The number of rotatable bonds is 6. The number of hydrazine groups is 1. The molecule has 9 nitrogen and oxygen atoms in total. The maximum atomic E-state index is 12.5. The number of aliphatic carboxylic acids is 1. The number of thiophene rings is 1. The number of fused-ring (bicyclic) bond motifs is 3. The highest BCUT2D eigenvalue weighted by Gasteiger charge is 2.29. The number of carbonyl (C=O) groups excluding carboxylic acids is 3. The van der Waals surface area contributed by atoms with Crippen molar-refractivity contribution in [2.45, 2.75) is 18.4 Å². The molecule has 4 N–H and O–H groups in total. The molecule has 1 unspecified atom stereocenters. The fourth-order valence-corrected chi connectivity index (χ4v) is 4.59. The Morgan fingerprint density at radius 2 is 1.59 bits per heavy atom. The van der Waals surface area contributed by atoms with Gasteiger partial charge in [-0.25, -0.2) is 15.0 Å². The zero-order valence-electron chi connectivity index (χ0n) is 17.8. The molecule has 34 heavy (non-hydrogen) atoms. The molecule has 1 aliphatic carbocycles. The van der Waals surface area contributed by atoms with Gasteiger partial charge in [-0.1, -0.05) is 48.5 Å². The Morgan fingerprint density at radius 3 is 2.18 bits per heavy atom. The number of carboxylic acids is 1. The molecule has 4 rings (SSSR count). The normalized spacial score (nSPS) is 12.7. The van der Waals surface area contributed by atoms with Crippen LogP contribution < -0.4 is 16.2 Å². The van der Waals surface area contributed by atoms with Crippen LogP contribution in [0, 0.1) is 0 Å². The van der Waals surface area contributed by atoms with Gasteiger partial charge in [0.2, 0.25) is 0 Å². The molecule has 1 aromatic heterocycles. The molecule has 0 saturated heterocycles. The van der Waals surface area contributed by atoms with Crippen molar-refractivity contribution in [3.63, 3.8) is 0 Å². The van der Waals surface area contributed by atoms with E-state index in [1.807, 2.05) is 48.5 Å². The molecular formula is C24H21N3O6S. The second-order valence-corrected chi connectivity index (χ2v) is 8.39. The van der Waals surface area contributed by atoms with Crippen molar-refractivity contribution < 1.29 is 29.0 Å². The summed E-state index contributed by atoms with van der Waals surface area (Å²) in [5.74, 6) is -3.96. The molecule has 174 valence electrons. The lowest BCUT2D eigenvalue weighted by Crippen LogP contribution is -2.54. The third-order valence-corrected chi connectivity index (χ3v) is 6.20. The van der Waals surface area contributed by atoms with Crippen LogP contribution in [0.1, 0.15) is 22.6 Å². The molecule has 3 amide bonds. The van der Waals surface area contributed by atoms with Gasteiger partial charge in [-0.15, -0.1) is 0 Å². The largest absolute Gasteiger partial charge is 0.474 e. The molecule has 10 heteroatoms. The lowest BCUT2D eigenvalue weighted by Gasteiger charge is -2.18. The first-order valence-corrected chi connectivity index (χ1v) is 11.3. The number of ether oxygens (including phenoxy) is 1. The lowest BCUT2D eigenvalue weighted by molar-refractivity contribution is -0.151. The van der Waals surface area contributed by atoms with E-state index < -0.39 is 29.9 Å². The van der Waals surface area contributed by atoms with Crippen molar-refractivity contribution in [1.29, 1.82) is 0 Å². The molecule has 2 aromatic carbocycles. The fraction of sp³-hybridized carbons (Fsp3) is 0.167. The van der Waals surface area contributed by atoms with Crippen LogP contribution in [-0.4, -0.2) is 41.6 Å². The molecule has 3 aromatic rings. The number of hydrogen-bond acceptors (Lipinski definition) is 6. The second kappa shape index (κ2) is 10.2. The Morgan fingerprint density at radius 1 is 0.941 bits per heavy atom. The van der Waals surface area contributed by atoms with Crippen LogP contribution >= 0.6 is 11.3 Å². The third kappa shape index (κ3) is 5.07. The van der Waals surface area contributed by atoms with E-state index in [1.165, 1.54) is 11.3 Å². The molecule has 0 spiro atoms. The third-order valence-electron chi connectivity index (χ3n) is 5.47. The average Bonchev–Trinajstić information content (AvgIpc) is 3.46. The highest BCUT2D eigenvalue weighted by molar-refractivity contribution is 7.07. The molecule has 0 fully saturated rings. The van der Waals surface area contributed by atoms with E-state index in [9.17, 15) is 19.2 Å². The summed E-state index contributed by atoms with van der Waals surface area (Å²) in [6, 6.07) is 16.3. The van der Waals surface area contributed by atoms with E-state index in [0.29, 0.717) is 0 Å². The van der Waals surface area contributed by atoms with Gasteiger partial charge in [0.25, 0.3) is 5.91 Å². The zero-order valence-corrected chi connectivity index (χ0v) is 18.6. The van der Waals surface area contributed by atoms with Gasteiger partial charge in [0.05, 0.1) is 0 Å². The van der Waals surface area contributed by atoms with Crippen LogP contribution in [0.15, 0.2) is 65.4 Å². The summed E-state index contributed by atoms with van der Waals surface area (Å²) in [4.78, 5) is 47.3. The summed E-state index contributed by atoms with van der Waals surface area (Å²) < 4.78 is 5.35. The minimum Gasteiger partial charge on any atom is -0.474 e. The first-order chi connectivity index (χ1) is 16.4. The summed E-state index contributed by atoms with van der Waals surface area (Å²) in [7, 11) is 0. The Hall–Kier alpha value is -4.18. The number of hydrogen-bond donors (Lipinski definition) is 4. The summed E-state index contributed by atoms with van der Waals surface area (Å²) in [5.41, 5.74) is 9.35. The predicted molar refractivity (Wildman–Crippen MR) is 124 cm³/mol. The first-order valence-electron chi connectivity index (χ1n) is 10.4. The van der Waals surface area contributed by atoms with E-state index in [-0.39, 0.29) is 18.9 Å². The van der Waals surface area contributed by atoms with Crippen LogP contribution in [0.5, 0.6) is 0 Å².